The van der Waals surface area contributed by atoms with Crippen LogP contribution in [0.3, 0.4) is 0 Å². The van der Waals surface area contributed by atoms with Gasteiger partial charge in [-0.1, -0.05) is 5.16 Å². The van der Waals surface area contributed by atoms with Gasteiger partial charge in [-0.15, -0.1) is 11.3 Å². The van der Waals surface area contributed by atoms with E-state index in [9.17, 15) is 0 Å². The first-order chi connectivity index (χ1) is 9.78. The SMILES string of the molecule is CO/N=C(/c1ccc(Br)cn1)N1CCc2sccc2C1. The highest BCUT2D eigenvalue weighted by Gasteiger charge is 2.22. The molecule has 0 aromatic carbocycles. The monoisotopic (exact) mass is 351 g/mol. The quantitative estimate of drug-likeness (QED) is 0.473. The van der Waals surface area contributed by atoms with Gasteiger partial charge in [-0.3, -0.25) is 4.98 Å². The third-order valence-electron chi connectivity index (χ3n) is 3.24. The van der Waals surface area contributed by atoms with Crippen LogP contribution in [0.5, 0.6) is 0 Å². The van der Waals surface area contributed by atoms with Crippen molar-refractivity contribution in [3.63, 3.8) is 0 Å². The molecule has 2 aromatic heterocycles. The van der Waals surface area contributed by atoms with E-state index in [1.165, 1.54) is 10.4 Å². The van der Waals surface area contributed by atoms with E-state index in [4.69, 9.17) is 4.84 Å². The van der Waals surface area contributed by atoms with Crippen molar-refractivity contribution in [2.45, 2.75) is 13.0 Å². The minimum atomic E-state index is 0.789. The number of fused-ring (bicyclic) bond motifs is 1. The summed E-state index contributed by atoms with van der Waals surface area (Å²) in [6.45, 7) is 1.80. The molecule has 0 unspecified atom stereocenters. The molecule has 104 valence electrons. The number of amidine groups is 1. The Balaban J connectivity index is 1.89. The maximum Gasteiger partial charge on any atom is 0.194 e. The van der Waals surface area contributed by atoms with Gasteiger partial charge in [-0.2, -0.15) is 0 Å². The molecule has 4 nitrogen and oxygen atoms in total. The summed E-state index contributed by atoms with van der Waals surface area (Å²) >= 11 is 5.23. The van der Waals surface area contributed by atoms with Crippen molar-refractivity contribution < 1.29 is 4.84 Å². The van der Waals surface area contributed by atoms with E-state index in [2.05, 4.69) is 42.4 Å². The van der Waals surface area contributed by atoms with E-state index in [-0.39, 0.29) is 0 Å². The molecule has 0 spiro atoms. The second-order valence-corrected chi connectivity index (χ2v) is 6.42. The fraction of sp³-hybridized carbons (Fsp3) is 0.286. The first kappa shape index (κ1) is 13.6. The number of rotatable bonds is 2. The van der Waals surface area contributed by atoms with Crippen molar-refractivity contribution in [2.75, 3.05) is 13.7 Å². The molecular weight excluding hydrogens is 338 g/mol. The molecule has 2 aromatic rings. The van der Waals surface area contributed by atoms with Gasteiger partial charge in [0, 0.05) is 28.6 Å². The first-order valence-electron chi connectivity index (χ1n) is 6.31. The molecule has 0 saturated carbocycles. The summed E-state index contributed by atoms with van der Waals surface area (Å²) in [5.41, 5.74) is 2.20. The molecule has 0 N–H and O–H groups in total. The molecule has 1 aliphatic heterocycles. The number of hydrogen-bond donors (Lipinski definition) is 0. The van der Waals surface area contributed by atoms with Crippen LogP contribution in [-0.2, 0) is 17.8 Å². The highest BCUT2D eigenvalue weighted by Crippen LogP contribution is 2.25. The van der Waals surface area contributed by atoms with E-state index in [1.54, 1.807) is 13.3 Å². The third kappa shape index (κ3) is 2.71. The predicted molar refractivity (Wildman–Crippen MR) is 83.9 cm³/mol. The van der Waals surface area contributed by atoms with Gasteiger partial charge in [0.15, 0.2) is 5.84 Å². The van der Waals surface area contributed by atoms with Gasteiger partial charge in [0.25, 0.3) is 0 Å². The number of aromatic nitrogens is 1. The molecule has 0 atom stereocenters. The number of pyridine rings is 1. The van der Waals surface area contributed by atoms with Crippen molar-refractivity contribution in [2.24, 2.45) is 5.16 Å². The first-order valence-corrected chi connectivity index (χ1v) is 7.98. The van der Waals surface area contributed by atoms with Crippen molar-refractivity contribution in [1.29, 1.82) is 0 Å². The van der Waals surface area contributed by atoms with E-state index >= 15 is 0 Å². The Bertz CT molecular complexity index is 624. The highest BCUT2D eigenvalue weighted by molar-refractivity contribution is 9.10. The second-order valence-electron chi connectivity index (χ2n) is 4.50. The van der Waals surface area contributed by atoms with Crippen molar-refractivity contribution in [1.82, 2.24) is 9.88 Å². The molecule has 3 rings (SSSR count). The summed E-state index contributed by atoms with van der Waals surface area (Å²) in [4.78, 5) is 13.1. The smallest absolute Gasteiger partial charge is 0.194 e. The Morgan fingerprint density at radius 3 is 3.10 bits per heavy atom. The standard InChI is InChI=1S/C14H14BrN3OS/c1-19-17-14(12-3-2-11(15)8-16-12)18-6-4-13-10(9-18)5-7-20-13/h2-3,5,7-8H,4,6,9H2,1H3/b17-14-. The zero-order chi connectivity index (χ0) is 13.9. The Labute approximate surface area is 130 Å². The molecule has 20 heavy (non-hydrogen) atoms. The lowest BCUT2D eigenvalue weighted by atomic mass is 10.1. The molecule has 0 amide bonds. The van der Waals surface area contributed by atoms with Crippen LogP contribution in [0.1, 0.15) is 16.1 Å². The Morgan fingerprint density at radius 2 is 2.35 bits per heavy atom. The number of oxime groups is 1. The minimum absolute atomic E-state index is 0.789. The van der Waals surface area contributed by atoms with Crippen LogP contribution in [0.25, 0.3) is 0 Å². The van der Waals surface area contributed by atoms with Crippen LogP contribution in [0.4, 0.5) is 0 Å². The van der Waals surface area contributed by atoms with Crippen molar-refractivity contribution in [3.05, 3.63) is 50.4 Å². The zero-order valence-corrected chi connectivity index (χ0v) is 13.4. The van der Waals surface area contributed by atoms with Crippen LogP contribution in [-0.4, -0.2) is 29.4 Å². The molecule has 0 saturated heterocycles. The maximum absolute atomic E-state index is 5.01. The van der Waals surface area contributed by atoms with Crippen LogP contribution in [0, 0.1) is 0 Å². The summed E-state index contributed by atoms with van der Waals surface area (Å²) in [5, 5.41) is 6.33. The highest BCUT2D eigenvalue weighted by atomic mass is 79.9. The van der Waals surface area contributed by atoms with E-state index in [1.807, 2.05) is 23.5 Å². The Kier molecular flexibility index (Phi) is 4.03. The fourth-order valence-electron chi connectivity index (χ4n) is 2.29. The molecule has 0 radical (unpaired) electrons. The summed E-state index contributed by atoms with van der Waals surface area (Å²) < 4.78 is 0.955. The van der Waals surface area contributed by atoms with Gasteiger partial charge in [0.2, 0.25) is 0 Å². The van der Waals surface area contributed by atoms with Gasteiger partial charge >= 0.3 is 0 Å². The molecular formula is C14H14BrN3OS. The molecule has 0 fully saturated rings. The summed E-state index contributed by atoms with van der Waals surface area (Å²) in [6, 6.07) is 6.10. The van der Waals surface area contributed by atoms with Crippen LogP contribution in [0.2, 0.25) is 0 Å². The van der Waals surface area contributed by atoms with Gasteiger partial charge in [-0.05, 0) is 51.5 Å². The molecule has 0 bridgehead atoms. The normalized spacial score (nSPS) is 15.1. The molecule has 0 aliphatic carbocycles. The topological polar surface area (TPSA) is 37.7 Å². The number of hydrogen-bond acceptors (Lipinski definition) is 4. The summed E-state index contributed by atoms with van der Waals surface area (Å²) in [7, 11) is 1.57. The fourth-order valence-corrected chi connectivity index (χ4v) is 3.41. The zero-order valence-electron chi connectivity index (χ0n) is 11.0. The lowest BCUT2D eigenvalue weighted by Gasteiger charge is -2.29. The van der Waals surface area contributed by atoms with Crippen LogP contribution >= 0.6 is 27.3 Å². The summed E-state index contributed by atoms with van der Waals surface area (Å²) in [6.07, 6.45) is 2.83. The average Bonchev–Trinajstić information content (AvgIpc) is 2.93. The lowest BCUT2D eigenvalue weighted by molar-refractivity contribution is 0.204. The van der Waals surface area contributed by atoms with E-state index in [0.717, 1.165) is 35.5 Å². The second kappa shape index (κ2) is 5.93. The molecule has 3 heterocycles. The number of nitrogens with zero attached hydrogens (tertiary/aromatic N) is 3. The van der Waals surface area contributed by atoms with Gasteiger partial charge < -0.3 is 9.74 Å². The van der Waals surface area contributed by atoms with Gasteiger partial charge in [0.05, 0.1) is 0 Å². The van der Waals surface area contributed by atoms with Crippen molar-refractivity contribution >= 4 is 33.1 Å². The van der Waals surface area contributed by atoms with Gasteiger partial charge in [0.1, 0.15) is 12.8 Å². The number of halogens is 1. The van der Waals surface area contributed by atoms with E-state index < -0.39 is 0 Å². The van der Waals surface area contributed by atoms with Gasteiger partial charge in [-0.25, -0.2) is 0 Å². The van der Waals surface area contributed by atoms with Crippen molar-refractivity contribution in [3.8, 4) is 0 Å². The Hall–Kier alpha value is -1.40. The summed E-state index contributed by atoms with van der Waals surface area (Å²) in [5.74, 6) is 0.789. The Morgan fingerprint density at radius 1 is 1.45 bits per heavy atom. The largest absolute Gasteiger partial charge is 0.397 e. The number of thiophene rings is 1. The maximum atomic E-state index is 5.01. The minimum Gasteiger partial charge on any atom is -0.397 e. The third-order valence-corrected chi connectivity index (χ3v) is 4.73. The molecule has 1 aliphatic rings. The molecule has 6 heteroatoms. The average molecular weight is 352 g/mol. The van der Waals surface area contributed by atoms with E-state index in [0.29, 0.717) is 0 Å². The van der Waals surface area contributed by atoms with Crippen LogP contribution in [0.15, 0.2) is 39.4 Å². The lowest BCUT2D eigenvalue weighted by Crippen LogP contribution is -2.36. The van der Waals surface area contributed by atoms with Crippen LogP contribution < -0.4 is 0 Å². The predicted octanol–water partition coefficient (Wildman–Crippen LogP) is 3.27.